The third-order valence-corrected chi connectivity index (χ3v) is 8.17. The van der Waals surface area contributed by atoms with Crippen LogP contribution in [0, 0.1) is 11.8 Å². The van der Waals surface area contributed by atoms with Crippen molar-refractivity contribution in [2.24, 2.45) is 11.8 Å². The minimum atomic E-state index is -0.0596. The minimum absolute atomic E-state index is 0.0413. The van der Waals surface area contributed by atoms with Gasteiger partial charge in [0, 0.05) is 12.8 Å². The molecule has 2 fully saturated rings. The Labute approximate surface area is 234 Å². The zero-order chi connectivity index (χ0) is 28.0. The number of hydrogen-bond acceptors (Lipinski definition) is 6. The molecule has 0 atom stereocenters. The molecule has 6 nitrogen and oxygen atoms in total. The van der Waals surface area contributed by atoms with E-state index in [-0.39, 0.29) is 11.9 Å². The average molecular weight is 539 g/mol. The van der Waals surface area contributed by atoms with Crippen LogP contribution in [0.1, 0.15) is 101 Å². The van der Waals surface area contributed by atoms with Crippen LogP contribution >= 0.6 is 0 Å². The number of hydrogen-bond donors (Lipinski definition) is 1. The normalized spacial score (nSPS) is 22.6. The van der Waals surface area contributed by atoms with Crippen LogP contribution in [0.3, 0.4) is 0 Å². The molecule has 0 radical (unpaired) electrons. The van der Waals surface area contributed by atoms with Gasteiger partial charge >= 0.3 is 11.9 Å². The predicted octanol–water partition coefficient (Wildman–Crippen LogP) is 7.54. The number of carbonyl (C=O) groups is 2. The molecule has 0 amide bonds. The molecule has 6 heteroatoms. The molecule has 214 valence electrons. The van der Waals surface area contributed by atoms with E-state index in [4.69, 9.17) is 14.2 Å². The number of phenolic OH excluding ortho intramolecular Hbond substituents is 1. The van der Waals surface area contributed by atoms with Crippen molar-refractivity contribution in [1.29, 1.82) is 0 Å². The Kier molecular flexibility index (Phi) is 12.7. The van der Waals surface area contributed by atoms with Crippen LogP contribution < -0.4 is 4.74 Å². The first-order chi connectivity index (χ1) is 18.9. The summed E-state index contributed by atoms with van der Waals surface area (Å²) in [6.07, 6.45) is 10.1. The lowest BCUT2D eigenvalue weighted by Crippen LogP contribution is -2.17. The Morgan fingerprint density at radius 2 is 1.05 bits per heavy atom. The molecule has 0 aliphatic heterocycles. The second kappa shape index (κ2) is 16.2. The van der Waals surface area contributed by atoms with Crippen LogP contribution in [0.4, 0.5) is 0 Å². The molecule has 0 saturated heterocycles. The third kappa shape index (κ3) is 10.2. The van der Waals surface area contributed by atoms with E-state index in [1.807, 2.05) is 38.1 Å². The number of rotatable bonds is 9. The van der Waals surface area contributed by atoms with Gasteiger partial charge in [-0.15, -0.1) is 0 Å². The molecular formula is C33H46O6. The Morgan fingerprint density at radius 1 is 0.667 bits per heavy atom. The second-order valence-corrected chi connectivity index (χ2v) is 10.8. The zero-order valence-corrected chi connectivity index (χ0v) is 23.9. The largest absolute Gasteiger partial charge is 0.508 e. The van der Waals surface area contributed by atoms with Crippen molar-refractivity contribution in [3.05, 3.63) is 59.7 Å². The van der Waals surface area contributed by atoms with Gasteiger partial charge in [0.25, 0.3) is 0 Å². The predicted molar refractivity (Wildman–Crippen MR) is 153 cm³/mol. The molecule has 0 unspecified atom stereocenters. The molecule has 2 aromatic rings. The smallest absolute Gasteiger partial charge is 0.306 e. The zero-order valence-electron chi connectivity index (χ0n) is 23.9. The van der Waals surface area contributed by atoms with Crippen molar-refractivity contribution < 1.29 is 28.9 Å². The highest BCUT2D eigenvalue weighted by Gasteiger charge is 2.25. The lowest BCUT2D eigenvalue weighted by Gasteiger charge is -2.28. The minimum Gasteiger partial charge on any atom is -0.508 e. The fourth-order valence-corrected chi connectivity index (χ4v) is 5.93. The average Bonchev–Trinajstić information content (AvgIpc) is 2.95. The van der Waals surface area contributed by atoms with Gasteiger partial charge in [-0.1, -0.05) is 24.3 Å². The monoisotopic (exact) mass is 538 g/mol. The van der Waals surface area contributed by atoms with E-state index in [1.54, 1.807) is 19.2 Å². The van der Waals surface area contributed by atoms with E-state index in [0.29, 0.717) is 55.5 Å². The molecule has 4 rings (SSSR count). The van der Waals surface area contributed by atoms with Gasteiger partial charge < -0.3 is 19.3 Å². The Morgan fingerprint density at radius 3 is 1.41 bits per heavy atom. The second-order valence-electron chi connectivity index (χ2n) is 10.8. The first-order valence-corrected chi connectivity index (χ1v) is 14.7. The first kappa shape index (κ1) is 30.5. The highest BCUT2D eigenvalue weighted by molar-refractivity contribution is 5.70. The Hall–Kier alpha value is -3.02. The summed E-state index contributed by atoms with van der Waals surface area (Å²) >= 11 is 0. The summed E-state index contributed by atoms with van der Waals surface area (Å²) in [5.74, 6) is 3.30. The SMILES string of the molecule is CCOC(=O)CC1CCC(c2ccc(O)cc2)CC1.CCOC(=O)CC1CCC(c2ccc(OC)cc2)CC1. The van der Waals surface area contributed by atoms with Gasteiger partial charge in [-0.3, -0.25) is 9.59 Å². The number of methoxy groups -OCH3 is 1. The number of benzene rings is 2. The van der Waals surface area contributed by atoms with Crippen LogP contribution in [-0.4, -0.2) is 37.4 Å². The molecule has 1 N–H and O–H groups in total. The topological polar surface area (TPSA) is 82.1 Å². The molecule has 2 aliphatic carbocycles. The summed E-state index contributed by atoms with van der Waals surface area (Å²) < 4.78 is 15.2. The van der Waals surface area contributed by atoms with E-state index < -0.39 is 0 Å². The number of ether oxygens (including phenoxy) is 3. The maximum Gasteiger partial charge on any atom is 0.306 e. The van der Waals surface area contributed by atoms with Crippen LogP contribution in [0.5, 0.6) is 11.5 Å². The van der Waals surface area contributed by atoms with Gasteiger partial charge in [0.2, 0.25) is 0 Å². The van der Waals surface area contributed by atoms with E-state index in [2.05, 4.69) is 12.1 Å². The van der Waals surface area contributed by atoms with Gasteiger partial charge in [-0.25, -0.2) is 0 Å². The van der Waals surface area contributed by atoms with Crippen molar-refractivity contribution in [2.75, 3.05) is 20.3 Å². The van der Waals surface area contributed by atoms with Crippen molar-refractivity contribution >= 4 is 11.9 Å². The van der Waals surface area contributed by atoms with Crippen molar-refractivity contribution in [2.45, 2.75) is 89.9 Å². The maximum absolute atomic E-state index is 11.5. The summed E-state index contributed by atoms with van der Waals surface area (Å²) in [6.45, 7) is 4.67. The van der Waals surface area contributed by atoms with Crippen molar-refractivity contribution in [3.63, 3.8) is 0 Å². The number of phenols is 1. The molecule has 2 aromatic carbocycles. The van der Waals surface area contributed by atoms with E-state index in [1.165, 1.54) is 11.1 Å². The first-order valence-electron chi connectivity index (χ1n) is 14.7. The van der Waals surface area contributed by atoms with Gasteiger partial charge in [0.05, 0.1) is 20.3 Å². The van der Waals surface area contributed by atoms with Crippen LogP contribution in [-0.2, 0) is 19.1 Å². The van der Waals surface area contributed by atoms with Gasteiger partial charge in [0.15, 0.2) is 0 Å². The summed E-state index contributed by atoms with van der Waals surface area (Å²) in [6, 6.07) is 15.9. The van der Waals surface area contributed by atoms with Crippen LogP contribution in [0.2, 0.25) is 0 Å². The third-order valence-electron chi connectivity index (χ3n) is 8.17. The van der Waals surface area contributed by atoms with Gasteiger partial charge in [-0.2, -0.15) is 0 Å². The molecule has 39 heavy (non-hydrogen) atoms. The number of aromatic hydroxyl groups is 1. The molecular weight excluding hydrogens is 492 g/mol. The Bertz CT molecular complexity index is 984. The quantitative estimate of drug-likeness (QED) is 0.332. The van der Waals surface area contributed by atoms with Crippen molar-refractivity contribution in [1.82, 2.24) is 0 Å². The highest BCUT2D eigenvalue weighted by atomic mass is 16.5. The number of esters is 2. The molecule has 0 aromatic heterocycles. The summed E-state index contributed by atoms with van der Waals surface area (Å²) in [4.78, 5) is 22.9. The highest BCUT2D eigenvalue weighted by Crippen LogP contribution is 2.38. The van der Waals surface area contributed by atoms with Crippen LogP contribution in [0.15, 0.2) is 48.5 Å². The molecule has 0 bridgehead atoms. The molecule has 0 heterocycles. The van der Waals surface area contributed by atoms with Crippen LogP contribution in [0.25, 0.3) is 0 Å². The summed E-state index contributed by atoms with van der Waals surface area (Å²) in [5, 5.41) is 9.30. The molecule has 0 spiro atoms. The molecule has 2 aliphatic rings. The van der Waals surface area contributed by atoms with E-state index in [0.717, 1.165) is 57.1 Å². The maximum atomic E-state index is 11.5. The summed E-state index contributed by atoms with van der Waals surface area (Å²) in [5.41, 5.74) is 2.69. The van der Waals surface area contributed by atoms with Gasteiger partial charge in [-0.05, 0) is 124 Å². The Balaban J connectivity index is 0.000000216. The lowest BCUT2D eigenvalue weighted by molar-refractivity contribution is -0.145. The molecule has 2 saturated carbocycles. The standard InChI is InChI=1S/C17H24O3.C16H22O3/c1-3-20-17(18)12-13-4-6-14(7-5-13)15-8-10-16(19-2)11-9-15;1-2-19-16(18)11-12-3-5-13(6-4-12)14-7-9-15(17)10-8-14/h8-11,13-14H,3-7,12H2,1-2H3;7-10,12-13,17H,2-6,11H2,1H3. The summed E-state index contributed by atoms with van der Waals surface area (Å²) in [7, 11) is 1.69. The number of carbonyl (C=O) groups excluding carboxylic acids is 2. The van der Waals surface area contributed by atoms with Gasteiger partial charge in [0.1, 0.15) is 11.5 Å². The lowest BCUT2D eigenvalue weighted by atomic mass is 9.77. The fourth-order valence-electron chi connectivity index (χ4n) is 5.93. The fraction of sp³-hybridized carbons (Fsp3) is 0.576. The van der Waals surface area contributed by atoms with E-state index in [9.17, 15) is 14.7 Å². The van der Waals surface area contributed by atoms with Crippen molar-refractivity contribution in [3.8, 4) is 11.5 Å². The van der Waals surface area contributed by atoms with E-state index >= 15 is 0 Å².